The molecular weight excluding hydrogens is 206 g/mol. The first-order valence-electron chi connectivity index (χ1n) is 4.72. The molecule has 0 saturated heterocycles. The molecule has 1 aromatic carbocycles. The molecular formula is C12H13NO3. The van der Waals surface area contributed by atoms with Crippen LogP contribution in [0.15, 0.2) is 24.3 Å². The van der Waals surface area contributed by atoms with Gasteiger partial charge >= 0.3 is 5.97 Å². The predicted molar refractivity (Wildman–Crippen MR) is 58.0 cm³/mol. The Morgan fingerprint density at radius 2 is 2.12 bits per heavy atom. The van der Waals surface area contributed by atoms with Gasteiger partial charge in [-0.3, -0.25) is 0 Å². The Morgan fingerprint density at radius 3 is 2.62 bits per heavy atom. The topological polar surface area (TPSA) is 59.3 Å². The van der Waals surface area contributed by atoms with Crippen LogP contribution in [0.2, 0.25) is 0 Å². The van der Waals surface area contributed by atoms with E-state index in [2.05, 4.69) is 4.74 Å². The lowest BCUT2D eigenvalue weighted by atomic mass is 9.84. The van der Waals surface area contributed by atoms with E-state index < -0.39 is 11.4 Å². The number of rotatable bonds is 3. The minimum absolute atomic E-state index is 0.557. The van der Waals surface area contributed by atoms with Crippen molar-refractivity contribution < 1.29 is 14.3 Å². The van der Waals surface area contributed by atoms with Gasteiger partial charge in [0.25, 0.3) is 0 Å². The van der Waals surface area contributed by atoms with Crippen molar-refractivity contribution >= 4 is 5.97 Å². The van der Waals surface area contributed by atoms with E-state index in [-0.39, 0.29) is 0 Å². The highest BCUT2D eigenvalue weighted by Crippen LogP contribution is 2.27. The Morgan fingerprint density at radius 1 is 1.44 bits per heavy atom. The molecule has 0 aliphatic carbocycles. The van der Waals surface area contributed by atoms with Crippen LogP contribution in [-0.4, -0.2) is 20.2 Å². The number of carbonyl (C=O) groups excluding carboxylic acids is 1. The summed E-state index contributed by atoms with van der Waals surface area (Å²) in [5.74, 6) is 0.0196. The smallest absolute Gasteiger partial charge is 0.330 e. The van der Waals surface area contributed by atoms with Crippen LogP contribution in [0.25, 0.3) is 0 Å². The molecule has 1 atom stereocenters. The molecule has 0 radical (unpaired) electrons. The van der Waals surface area contributed by atoms with Crippen LogP contribution in [0.5, 0.6) is 5.75 Å². The summed E-state index contributed by atoms with van der Waals surface area (Å²) in [6, 6.07) is 8.79. The molecule has 0 aliphatic heterocycles. The summed E-state index contributed by atoms with van der Waals surface area (Å²) in [5, 5.41) is 9.11. The van der Waals surface area contributed by atoms with Crippen LogP contribution in [-0.2, 0) is 14.9 Å². The van der Waals surface area contributed by atoms with E-state index in [1.54, 1.807) is 24.3 Å². The molecule has 0 amide bonds. The summed E-state index contributed by atoms with van der Waals surface area (Å²) in [6.45, 7) is 1.52. The van der Waals surface area contributed by atoms with E-state index in [1.807, 2.05) is 6.07 Å². The Balaban J connectivity index is 3.23. The third-order valence-electron chi connectivity index (χ3n) is 2.46. The van der Waals surface area contributed by atoms with Gasteiger partial charge in [0, 0.05) is 0 Å². The molecule has 0 spiro atoms. The van der Waals surface area contributed by atoms with E-state index in [0.29, 0.717) is 11.3 Å². The number of hydrogen-bond acceptors (Lipinski definition) is 4. The number of methoxy groups -OCH3 is 2. The van der Waals surface area contributed by atoms with Crippen molar-refractivity contribution in [2.45, 2.75) is 12.3 Å². The van der Waals surface area contributed by atoms with Gasteiger partial charge in [0.1, 0.15) is 5.75 Å². The molecule has 16 heavy (non-hydrogen) atoms. The molecule has 4 nitrogen and oxygen atoms in total. The van der Waals surface area contributed by atoms with E-state index in [9.17, 15) is 4.79 Å². The quantitative estimate of drug-likeness (QED) is 0.725. The van der Waals surface area contributed by atoms with Crippen LogP contribution < -0.4 is 4.74 Å². The van der Waals surface area contributed by atoms with Crippen molar-refractivity contribution in [2.75, 3.05) is 14.2 Å². The average Bonchev–Trinajstić information content (AvgIpc) is 2.36. The lowest BCUT2D eigenvalue weighted by Crippen LogP contribution is -2.32. The fraction of sp³-hybridized carbons (Fsp3) is 0.333. The Kier molecular flexibility index (Phi) is 3.51. The van der Waals surface area contributed by atoms with Gasteiger partial charge < -0.3 is 9.47 Å². The number of carbonyl (C=O) groups is 1. The highest BCUT2D eigenvalue weighted by molar-refractivity contribution is 5.86. The second-order valence-corrected chi connectivity index (χ2v) is 3.46. The second kappa shape index (κ2) is 4.67. The van der Waals surface area contributed by atoms with Gasteiger partial charge in [-0.05, 0) is 24.6 Å². The van der Waals surface area contributed by atoms with Crippen molar-refractivity contribution in [3.05, 3.63) is 29.8 Å². The Hall–Kier alpha value is -2.02. The fourth-order valence-corrected chi connectivity index (χ4v) is 1.37. The number of nitriles is 1. The first-order chi connectivity index (χ1) is 7.58. The predicted octanol–water partition coefficient (Wildman–Crippen LogP) is 1.65. The van der Waals surface area contributed by atoms with Crippen LogP contribution >= 0.6 is 0 Å². The highest BCUT2D eigenvalue weighted by atomic mass is 16.5. The summed E-state index contributed by atoms with van der Waals surface area (Å²) in [5.41, 5.74) is -0.746. The van der Waals surface area contributed by atoms with Crippen molar-refractivity contribution in [3.8, 4) is 11.8 Å². The molecule has 1 aromatic rings. The third kappa shape index (κ3) is 1.98. The summed E-state index contributed by atoms with van der Waals surface area (Å²) in [7, 11) is 2.79. The van der Waals surface area contributed by atoms with Gasteiger partial charge in [-0.25, -0.2) is 4.79 Å². The van der Waals surface area contributed by atoms with E-state index in [0.717, 1.165) is 0 Å². The van der Waals surface area contributed by atoms with Crippen molar-refractivity contribution in [2.24, 2.45) is 0 Å². The zero-order valence-electron chi connectivity index (χ0n) is 9.48. The van der Waals surface area contributed by atoms with E-state index in [1.165, 1.54) is 21.1 Å². The maximum Gasteiger partial charge on any atom is 0.330 e. The largest absolute Gasteiger partial charge is 0.497 e. The van der Waals surface area contributed by atoms with Gasteiger partial charge in [-0.1, -0.05) is 12.1 Å². The maximum absolute atomic E-state index is 11.6. The first-order valence-corrected chi connectivity index (χ1v) is 4.72. The van der Waals surface area contributed by atoms with Crippen LogP contribution in [0.4, 0.5) is 0 Å². The number of esters is 1. The molecule has 1 rings (SSSR count). The summed E-state index contributed by atoms with van der Waals surface area (Å²) in [4.78, 5) is 11.6. The molecule has 0 heterocycles. The minimum atomic E-state index is -1.30. The highest BCUT2D eigenvalue weighted by Gasteiger charge is 2.36. The first kappa shape index (κ1) is 12.1. The fourth-order valence-electron chi connectivity index (χ4n) is 1.37. The number of nitrogens with zero attached hydrogens (tertiary/aromatic N) is 1. The Bertz CT molecular complexity index is 436. The van der Waals surface area contributed by atoms with Gasteiger partial charge in [0.05, 0.1) is 20.3 Å². The normalized spacial score (nSPS) is 13.4. The summed E-state index contributed by atoms with van der Waals surface area (Å²) < 4.78 is 9.68. The third-order valence-corrected chi connectivity index (χ3v) is 2.46. The summed E-state index contributed by atoms with van der Waals surface area (Å²) >= 11 is 0. The SMILES string of the molecule is COC(=O)C(C)(C#N)c1cccc(OC)c1. The number of ether oxygens (including phenoxy) is 2. The van der Waals surface area contributed by atoms with E-state index in [4.69, 9.17) is 10.00 Å². The van der Waals surface area contributed by atoms with Gasteiger partial charge in [-0.2, -0.15) is 5.26 Å². The average molecular weight is 219 g/mol. The van der Waals surface area contributed by atoms with Crippen LogP contribution in [0, 0.1) is 11.3 Å². The van der Waals surface area contributed by atoms with Gasteiger partial charge in [-0.15, -0.1) is 0 Å². The molecule has 84 valence electrons. The molecule has 0 fully saturated rings. The molecule has 0 N–H and O–H groups in total. The second-order valence-electron chi connectivity index (χ2n) is 3.46. The summed E-state index contributed by atoms with van der Waals surface area (Å²) in [6.07, 6.45) is 0. The van der Waals surface area contributed by atoms with Crippen molar-refractivity contribution in [1.29, 1.82) is 5.26 Å². The zero-order valence-corrected chi connectivity index (χ0v) is 9.48. The minimum Gasteiger partial charge on any atom is -0.497 e. The van der Waals surface area contributed by atoms with Crippen LogP contribution in [0.3, 0.4) is 0 Å². The number of benzene rings is 1. The molecule has 4 heteroatoms. The molecule has 1 unspecified atom stereocenters. The van der Waals surface area contributed by atoms with Gasteiger partial charge in [0.15, 0.2) is 5.41 Å². The molecule has 0 aromatic heterocycles. The monoisotopic (exact) mass is 219 g/mol. The number of hydrogen-bond donors (Lipinski definition) is 0. The molecule has 0 bridgehead atoms. The lowest BCUT2D eigenvalue weighted by molar-refractivity contribution is -0.144. The van der Waals surface area contributed by atoms with Crippen molar-refractivity contribution in [1.82, 2.24) is 0 Å². The van der Waals surface area contributed by atoms with E-state index >= 15 is 0 Å². The standard InChI is InChI=1S/C12H13NO3/c1-12(8-13,11(14)16-3)9-5-4-6-10(7-9)15-2/h4-7H,1-3H3. The zero-order chi connectivity index (χ0) is 12.2. The van der Waals surface area contributed by atoms with Crippen LogP contribution in [0.1, 0.15) is 12.5 Å². The molecule has 0 aliphatic rings. The maximum atomic E-state index is 11.6. The lowest BCUT2D eigenvalue weighted by Gasteiger charge is -2.19. The molecule has 0 saturated carbocycles. The van der Waals surface area contributed by atoms with Gasteiger partial charge in [0.2, 0.25) is 0 Å². The Labute approximate surface area is 94.4 Å². The van der Waals surface area contributed by atoms with Crippen molar-refractivity contribution in [3.63, 3.8) is 0 Å².